The van der Waals surface area contributed by atoms with Gasteiger partial charge in [-0.3, -0.25) is 0 Å². The Morgan fingerprint density at radius 1 is 1.42 bits per heavy atom. The summed E-state index contributed by atoms with van der Waals surface area (Å²) in [7, 11) is 1.11. The second kappa shape index (κ2) is 5.69. The molecule has 0 radical (unpaired) electrons. The highest BCUT2D eigenvalue weighted by atomic mass is 19.4. The molecule has 1 aromatic rings. The van der Waals surface area contributed by atoms with E-state index >= 15 is 0 Å². The van der Waals surface area contributed by atoms with E-state index in [2.05, 4.69) is 14.5 Å². The smallest absolute Gasteiger partial charge is 0.495 e. The Hall–Kier alpha value is -2.11. The lowest BCUT2D eigenvalue weighted by molar-refractivity contribution is -0.275. The average Bonchev–Trinajstić information content (AvgIpc) is 2.29. The van der Waals surface area contributed by atoms with E-state index in [0.717, 1.165) is 13.3 Å². The fraction of sp³-hybridized carbons (Fsp3) is 0.400. The van der Waals surface area contributed by atoms with Crippen molar-refractivity contribution in [3.63, 3.8) is 0 Å². The topological polar surface area (TPSA) is 55.1 Å². The van der Waals surface area contributed by atoms with E-state index in [1.807, 2.05) is 0 Å². The standard InChI is InChI=1S/C10H7F5N2O2/c1-18-6-4-17-7(9(11)12)8(5(6)2-3-16)19-10(13,14)15/h4,9H,2H2,1H3. The molecule has 0 saturated carbocycles. The van der Waals surface area contributed by atoms with Gasteiger partial charge in [0, 0.05) is 0 Å². The first-order chi connectivity index (χ1) is 8.80. The van der Waals surface area contributed by atoms with Crippen LogP contribution in [0, 0.1) is 11.3 Å². The number of methoxy groups -OCH3 is 1. The number of pyridine rings is 1. The maximum Gasteiger partial charge on any atom is 0.573 e. The van der Waals surface area contributed by atoms with Crippen LogP contribution in [-0.2, 0) is 6.42 Å². The van der Waals surface area contributed by atoms with Gasteiger partial charge in [0.1, 0.15) is 11.4 Å². The molecule has 104 valence electrons. The monoisotopic (exact) mass is 282 g/mol. The van der Waals surface area contributed by atoms with E-state index < -0.39 is 36.2 Å². The van der Waals surface area contributed by atoms with Gasteiger partial charge >= 0.3 is 6.36 Å². The number of alkyl halides is 5. The molecule has 9 heteroatoms. The van der Waals surface area contributed by atoms with Gasteiger partial charge in [0.2, 0.25) is 0 Å². The number of hydrogen-bond donors (Lipinski definition) is 0. The van der Waals surface area contributed by atoms with Crippen LogP contribution in [0.15, 0.2) is 6.20 Å². The SMILES string of the molecule is COc1cnc(C(F)F)c(OC(F)(F)F)c1CC#N. The number of aromatic nitrogens is 1. The van der Waals surface area contributed by atoms with Gasteiger partial charge in [0.05, 0.1) is 31.4 Å². The Labute approximate surface area is 104 Å². The minimum absolute atomic E-state index is 0.231. The van der Waals surface area contributed by atoms with Gasteiger partial charge in [0.25, 0.3) is 6.43 Å². The van der Waals surface area contributed by atoms with Crippen LogP contribution < -0.4 is 9.47 Å². The van der Waals surface area contributed by atoms with Gasteiger partial charge in [-0.25, -0.2) is 13.8 Å². The molecule has 19 heavy (non-hydrogen) atoms. The lowest BCUT2D eigenvalue weighted by atomic mass is 10.1. The van der Waals surface area contributed by atoms with Gasteiger partial charge in [-0.15, -0.1) is 13.2 Å². The van der Waals surface area contributed by atoms with Crippen LogP contribution in [0.5, 0.6) is 11.5 Å². The molecule has 0 aliphatic heterocycles. The molecule has 0 aliphatic carbocycles. The molecule has 0 bridgehead atoms. The molecular formula is C10H7F5N2O2. The molecular weight excluding hydrogens is 275 g/mol. The van der Waals surface area contributed by atoms with Gasteiger partial charge in [-0.2, -0.15) is 5.26 Å². The highest BCUT2D eigenvalue weighted by Crippen LogP contribution is 2.38. The molecule has 1 heterocycles. The second-order valence-electron chi connectivity index (χ2n) is 3.20. The van der Waals surface area contributed by atoms with Gasteiger partial charge in [-0.1, -0.05) is 0 Å². The third-order valence-corrected chi connectivity index (χ3v) is 2.03. The van der Waals surface area contributed by atoms with Crippen molar-refractivity contribution < 1.29 is 31.4 Å². The van der Waals surface area contributed by atoms with Crippen LogP contribution in [0.1, 0.15) is 17.7 Å². The summed E-state index contributed by atoms with van der Waals surface area (Å²) >= 11 is 0. The maximum absolute atomic E-state index is 12.6. The van der Waals surface area contributed by atoms with Crippen molar-refractivity contribution in [3.8, 4) is 17.6 Å². The summed E-state index contributed by atoms with van der Waals surface area (Å²) in [6, 6.07) is 1.55. The Morgan fingerprint density at radius 3 is 2.47 bits per heavy atom. The molecule has 0 fully saturated rings. The zero-order chi connectivity index (χ0) is 14.6. The maximum atomic E-state index is 12.6. The van der Waals surface area contributed by atoms with Crippen molar-refractivity contribution in [2.45, 2.75) is 19.2 Å². The quantitative estimate of drug-likeness (QED) is 0.797. The number of rotatable bonds is 4. The molecule has 1 aromatic heterocycles. The lowest BCUT2D eigenvalue weighted by Gasteiger charge is -2.17. The predicted octanol–water partition coefficient (Wildman–Crippen LogP) is 2.99. The minimum Gasteiger partial charge on any atom is -0.495 e. The molecule has 0 aliphatic rings. The molecule has 0 amide bonds. The van der Waals surface area contributed by atoms with E-state index in [1.165, 1.54) is 0 Å². The molecule has 4 nitrogen and oxygen atoms in total. The van der Waals surface area contributed by atoms with Gasteiger partial charge < -0.3 is 9.47 Å². The van der Waals surface area contributed by atoms with Gasteiger partial charge in [-0.05, 0) is 0 Å². The largest absolute Gasteiger partial charge is 0.573 e. The van der Waals surface area contributed by atoms with Crippen LogP contribution in [-0.4, -0.2) is 18.5 Å². The van der Waals surface area contributed by atoms with Crippen molar-refractivity contribution in [1.82, 2.24) is 4.98 Å². The zero-order valence-electron chi connectivity index (χ0n) is 9.46. The van der Waals surface area contributed by atoms with Crippen LogP contribution in [0.2, 0.25) is 0 Å². The molecule has 1 rings (SSSR count). The average molecular weight is 282 g/mol. The number of nitriles is 1. The summed E-state index contributed by atoms with van der Waals surface area (Å²) in [5.41, 5.74) is -1.61. The van der Waals surface area contributed by atoms with Crippen molar-refractivity contribution in [2.24, 2.45) is 0 Å². The highest BCUT2D eigenvalue weighted by molar-refractivity contribution is 5.48. The van der Waals surface area contributed by atoms with E-state index in [1.54, 1.807) is 6.07 Å². The second-order valence-corrected chi connectivity index (χ2v) is 3.20. The Morgan fingerprint density at radius 2 is 2.05 bits per heavy atom. The predicted molar refractivity (Wildman–Crippen MR) is 51.7 cm³/mol. The fourth-order valence-electron chi connectivity index (χ4n) is 1.34. The van der Waals surface area contributed by atoms with Crippen LogP contribution in [0.3, 0.4) is 0 Å². The number of hydrogen-bond acceptors (Lipinski definition) is 4. The van der Waals surface area contributed by atoms with Crippen molar-refractivity contribution >= 4 is 0 Å². The van der Waals surface area contributed by atoms with Crippen LogP contribution >= 0.6 is 0 Å². The van der Waals surface area contributed by atoms with E-state index in [0.29, 0.717) is 0 Å². The van der Waals surface area contributed by atoms with E-state index in [-0.39, 0.29) is 5.75 Å². The summed E-state index contributed by atoms with van der Waals surface area (Å²) < 4.78 is 70.1. The minimum atomic E-state index is -5.18. The van der Waals surface area contributed by atoms with E-state index in [4.69, 9.17) is 5.26 Å². The zero-order valence-corrected chi connectivity index (χ0v) is 9.46. The number of nitrogens with zero attached hydrogens (tertiary/aromatic N) is 2. The van der Waals surface area contributed by atoms with Crippen LogP contribution in [0.4, 0.5) is 22.0 Å². The summed E-state index contributed by atoms with van der Waals surface area (Å²) in [5.74, 6) is -1.42. The van der Waals surface area contributed by atoms with Crippen molar-refractivity contribution in [2.75, 3.05) is 7.11 Å². The van der Waals surface area contributed by atoms with E-state index in [9.17, 15) is 22.0 Å². The van der Waals surface area contributed by atoms with Crippen LogP contribution in [0.25, 0.3) is 0 Å². The summed E-state index contributed by atoms with van der Waals surface area (Å²) in [6.45, 7) is 0. The third-order valence-electron chi connectivity index (χ3n) is 2.03. The Balaban J connectivity index is 3.45. The van der Waals surface area contributed by atoms with Crippen molar-refractivity contribution in [3.05, 3.63) is 17.5 Å². The first-order valence-corrected chi connectivity index (χ1v) is 4.76. The normalized spacial score (nSPS) is 11.3. The Kier molecular flexibility index (Phi) is 4.47. The Bertz CT molecular complexity index is 496. The van der Waals surface area contributed by atoms with Crippen molar-refractivity contribution in [1.29, 1.82) is 5.26 Å². The first-order valence-electron chi connectivity index (χ1n) is 4.76. The molecule has 0 unspecified atom stereocenters. The first kappa shape index (κ1) is 14.9. The van der Waals surface area contributed by atoms with Gasteiger partial charge in [0.15, 0.2) is 5.75 Å². The highest BCUT2D eigenvalue weighted by Gasteiger charge is 2.36. The summed E-state index contributed by atoms with van der Waals surface area (Å²) in [5, 5.41) is 8.54. The lowest BCUT2D eigenvalue weighted by Crippen LogP contribution is -2.20. The molecule has 0 spiro atoms. The third kappa shape index (κ3) is 3.67. The summed E-state index contributed by atoms with van der Waals surface area (Å²) in [4.78, 5) is 3.17. The fourth-order valence-corrected chi connectivity index (χ4v) is 1.34. The molecule has 0 saturated heterocycles. The molecule has 0 atom stereocenters. The molecule has 0 aromatic carbocycles. The molecule has 0 N–H and O–H groups in total. The summed E-state index contributed by atoms with van der Waals surface area (Å²) in [6.07, 6.45) is -8.23. The number of ether oxygens (including phenoxy) is 2. The number of halogens is 5.